The third-order valence-electron chi connectivity index (χ3n) is 3.60. The number of likely N-dealkylation sites (N-methyl/N-ethyl adjacent to an activating group) is 2. The fourth-order valence-electron chi connectivity index (χ4n) is 2.17. The molecule has 116 valence electrons. The highest BCUT2D eigenvalue weighted by atomic mass is 19.4. The number of hydrogen-bond donors (Lipinski definition) is 1. The quantitative estimate of drug-likeness (QED) is 0.820. The first kappa shape index (κ1) is 16.7. The van der Waals surface area contributed by atoms with Crippen molar-refractivity contribution in [3.8, 4) is 0 Å². The Hall–Kier alpha value is -1.31. The lowest BCUT2D eigenvalue weighted by atomic mass is 9.84. The number of carbonyl (C=O) groups excluding carboxylic acids is 2. The molecule has 0 aromatic carbocycles. The van der Waals surface area contributed by atoms with Crippen molar-refractivity contribution in [1.82, 2.24) is 15.1 Å². The van der Waals surface area contributed by atoms with Crippen LogP contribution in [0.2, 0.25) is 0 Å². The third kappa shape index (κ3) is 3.05. The molecule has 1 fully saturated rings. The van der Waals surface area contributed by atoms with E-state index >= 15 is 0 Å². The highest BCUT2D eigenvalue weighted by molar-refractivity contribution is 5.89. The summed E-state index contributed by atoms with van der Waals surface area (Å²) in [6.07, 6.45) is -4.91. The van der Waals surface area contributed by atoms with Gasteiger partial charge in [0.2, 0.25) is 11.8 Å². The van der Waals surface area contributed by atoms with Crippen LogP contribution in [-0.2, 0) is 9.59 Å². The van der Waals surface area contributed by atoms with Gasteiger partial charge in [-0.25, -0.2) is 0 Å². The van der Waals surface area contributed by atoms with E-state index < -0.39 is 30.0 Å². The second-order valence-electron chi connectivity index (χ2n) is 5.11. The molecular formula is C12H20F3N3O2. The van der Waals surface area contributed by atoms with Crippen molar-refractivity contribution in [2.45, 2.75) is 19.5 Å². The number of alkyl halides is 3. The minimum Gasteiger partial charge on any atom is -0.347 e. The van der Waals surface area contributed by atoms with Gasteiger partial charge in [-0.3, -0.25) is 9.59 Å². The van der Waals surface area contributed by atoms with Crippen LogP contribution in [0.4, 0.5) is 13.2 Å². The van der Waals surface area contributed by atoms with Gasteiger partial charge in [0, 0.05) is 27.2 Å². The highest BCUT2D eigenvalue weighted by Crippen LogP contribution is 2.44. The first-order valence-corrected chi connectivity index (χ1v) is 6.42. The van der Waals surface area contributed by atoms with E-state index in [9.17, 15) is 22.8 Å². The lowest BCUT2D eigenvalue weighted by Gasteiger charge is -2.34. The van der Waals surface area contributed by atoms with Crippen LogP contribution < -0.4 is 5.32 Å². The van der Waals surface area contributed by atoms with Gasteiger partial charge in [0.1, 0.15) is 0 Å². The maximum Gasteiger partial charge on any atom is 0.404 e. The van der Waals surface area contributed by atoms with Crippen LogP contribution in [-0.4, -0.2) is 68.1 Å². The molecule has 20 heavy (non-hydrogen) atoms. The van der Waals surface area contributed by atoms with Crippen LogP contribution in [0.15, 0.2) is 0 Å². The summed E-state index contributed by atoms with van der Waals surface area (Å²) in [7, 11) is 2.99. The Balaban J connectivity index is 2.96. The lowest BCUT2D eigenvalue weighted by Crippen LogP contribution is -2.55. The smallest absolute Gasteiger partial charge is 0.347 e. The van der Waals surface area contributed by atoms with Gasteiger partial charge in [-0.2, -0.15) is 13.2 Å². The molecule has 0 radical (unpaired) electrons. The topological polar surface area (TPSA) is 52.7 Å². The molecule has 1 saturated heterocycles. The summed E-state index contributed by atoms with van der Waals surface area (Å²) in [5.74, 6) is -1.42. The molecule has 0 aromatic heterocycles. The van der Waals surface area contributed by atoms with Gasteiger partial charge in [0.05, 0.1) is 6.54 Å². The summed E-state index contributed by atoms with van der Waals surface area (Å²) in [5.41, 5.74) is -2.41. The van der Waals surface area contributed by atoms with Gasteiger partial charge >= 0.3 is 6.18 Å². The van der Waals surface area contributed by atoms with Crippen molar-refractivity contribution in [3.63, 3.8) is 0 Å². The number of carbonyl (C=O) groups is 2. The molecule has 0 saturated carbocycles. The summed E-state index contributed by atoms with van der Waals surface area (Å²) in [5, 5.41) is 2.59. The molecule has 1 aliphatic heterocycles. The molecule has 1 N–H and O–H groups in total. The zero-order chi connectivity index (χ0) is 15.6. The second-order valence-corrected chi connectivity index (χ2v) is 5.11. The summed E-state index contributed by atoms with van der Waals surface area (Å²) in [6.45, 7) is 1.01. The summed E-state index contributed by atoms with van der Waals surface area (Å²) in [4.78, 5) is 26.1. The van der Waals surface area contributed by atoms with E-state index in [1.807, 2.05) is 0 Å². The molecular weight excluding hydrogens is 275 g/mol. The van der Waals surface area contributed by atoms with Gasteiger partial charge in [-0.05, 0) is 19.9 Å². The van der Waals surface area contributed by atoms with Gasteiger partial charge < -0.3 is 15.1 Å². The van der Waals surface area contributed by atoms with Crippen LogP contribution in [0.5, 0.6) is 0 Å². The maximum atomic E-state index is 13.3. The van der Waals surface area contributed by atoms with Crippen LogP contribution in [0.3, 0.4) is 0 Å². The Morgan fingerprint density at radius 1 is 1.30 bits per heavy atom. The molecule has 2 amide bonds. The SMILES string of the molecule is CCN(CC(=O)N(C)C)C(=O)C1(C(F)(F)F)CCNC1. The molecule has 1 aliphatic rings. The van der Waals surface area contributed by atoms with E-state index in [0.29, 0.717) is 0 Å². The fourth-order valence-corrected chi connectivity index (χ4v) is 2.17. The predicted octanol–water partition coefficient (Wildman–Crippen LogP) is 0.465. The molecule has 1 heterocycles. The molecule has 0 bridgehead atoms. The Morgan fingerprint density at radius 3 is 2.25 bits per heavy atom. The zero-order valence-corrected chi connectivity index (χ0v) is 11.9. The lowest BCUT2D eigenvalue weighted by molar-refractivity contribution is -0.221. The molecule has 5 nitrogen and oxygen atoms in total. The summed E-state index contributed by atoms with van der Waals surface area (Å²) >= 11 is 0. The Bertz CT molecular complexity index is 377. The van der Waals surface area contributed by atoms with Gasteiger partial charge in [-0.15, -0.1) is 0 Å². The van der Waals surface area contributed by atoms with E-state index in [0.717, 1.165) is 4.90 Å². The monoisotopic (exact) mass is 295 g/mol. The van der Waals surface area contributed by atoms with Crippen LogP contribution in [0, 0.1) is 5.41 Å². The summed E-state index contributed by atoms with van der Waals surface area (Å²) in [6, 6.07) is 0. The first-order valence-electron chi connectivity index (χ1n) is 6.42. The Kier molecular flexibility index (Phi) is 5.01. The number of nitrogens with zero attached hydrogens (tertiary/aromatic N) is 2. The Morgan fingerprint density at radius 2 is 1.90 bits per heavy atom. The molecule has 0 aromatic rings. The number of amides is 2. The third-order valence-corrected chi connectivity index (χ3v) is 3.60. The zero-order valence-electron chi connectivity index (χ0n) is 11.9. The molecule has 1 rings (SSSR count). The normalized spacial score (nSPS) is 22.7. The van der Waals surface area contributed by atoms with Crippen molar-refractivity contribution in [3.05, 3.63) is 0 Å². The number of nitrogens with one attached hydrogen (secondary N) is 1. The van der Waals surface area contributed by atoms with E-state index in [1.54, 1.807) is 6.92 Å². The maximum absolute atomic E-state index is 13.3. The highest BCUT2D eigenvalue weighted by Gasteiger charge is 2.62. The van der Waals surface area contributed by atoms with Gasteiger partial charge in [-0.1, -0.05) is 0 Å². The predicted molar refractivity (Wildman–Crippen MR) is 66.9 cm³/mol. The van der Waals surface area contributed by atoms with Crippen molar-refractivity contribution >= 4 is 11.8 Å². The summed E-state index contributed by atoms with van der Waals surface area (Å²) < 4.78 is 39.8. The first-order chi connectivity index (χ1) is 9.15. The molecule has 8 heteroatoms. The minimum absolute atomic E-state index is 0.0657. The van der Waals surface area contributed by atoms with Crippen molar-refractivity contribution < 1.29 is 22.8 Å². The average Bonchev–Trinajstić information content (AvgIpc) is 2.84. The largest absolute Gasteiger partial charge is 0.404 e. The number of rotatable bonds is 4. The Labute approximate surface area is 116 Å². The number of halogens is 3. The fraction of sp³-hybridized carbons (Fsp3) is 0.833. The molecule has 0 aliphatic carbocycles. The van der Waals surface area contributed by atoms with E-state index in [1.165, 1.54) is 19.0 Å². The van der Waals surface area contributed by atoms with Crippen molar-refractivity contribution in [2.24, 2.45) is 5.41 Å². The molecule has 1 unspecified atom stereocenters. The standard InChI is InChI=1S/C12H20F3N3O2/c1-4-18(7-9(19)17(2)3)10(20)11(12(13,14)15)5-6-16-8-11/h16H,4-8H2,1-3H3. The minimum atomic E-state index is -4.62. The molecule has 0 spiro atoms. The van der Waals surface area contributed by atoms with Gasteiger partial charge in [0.25, 0.3) is 0 Å². The van der Waals surface area contributed by atoms with E-state index in [-0.39, 0.29) is 26.1 Å². The van der Waals surface area contributed by atoms with E-state index in [4.69, 9.17) is 0 Å². The van der Waals surface area contributed by atoms with Crippen molar-refractivity contribution in [2.75, 3.05) is 40.3 Å². The number of hydrogen-bond acceptors (Lipinski definition) is 3. The average molecular weight is 295 g/mol. The van der Waals surface area contributed by atoms with Crippen LogP contribution >= 0.6 is 0 Å². The molecule has 1 atom stereocenters. The van der Waals surface area contributed by atoms with Crippen molar-refractivity contribution in [1.29, 1.82) is 0 Å². The van der Waals surface area contributed by atoms with E-state index in [2.05, 4.69) is 5.32 Å². The van der Waals surface area contributed by atoms with Crippen LogP contribution in [0.1, 0.15) is 13.3 Å². The second kappa shape index (κ2) is 5.99. The van der Waals surface area contributed by atoms with Crippen LogP contribution in [0.25, 0.3) is 0 Å². The van der Waals surface area contributed by atoms with Gasteiger partial charge in [0.15, 0.2) is 5.41 Å².